The molecule has 0 rings (SSSR count). The third-order valence-corrected chi connectivity index (χ3v) is 4.06. The van der Waals surface area contributed by atoms with E-state index in [0.29, 0.717) is 5.57 Å². The van der Waals surface area contributed by atoms with Gasteiger partial charge in [0, 0.05) is 19.8 Å². The van der Waals surface area contributed by atoms with E-state index >= 15 is 0 Å². The van der Waals surface area contributed by atoms with Crippen LogP contribution in [-0.2, 0) is 4.79 Å². The zero-order valence-electron chi connectivity index (χ0n) is 14.6. The van der Waals surface area contributed by atoms with Gasteiger partial charge in [0.2, 0.25) is 0 Å². The third-order valence-electron chi connectivity index (χ3n) is 4.06. The molecule has 0 unspecified atom stereocenters. The normalized spacial score (nSPS) is 12.2. The highest BCUT2D eigenvalue weighted by atomic mass is 16.4. The lowest BCUT2D eigenvalue weighted by atomic mass is 10.0. The Morgan fingerprint density at radius 2 is 1.29 bits per heavy atom. The zero-order chi connectivity index (χ0) is 16.1. The largest absolute Gasteiger partial charge is 0.478 e. The Hall–Kier alpha value is -0.990. The highest BCUT2D eigenvalue weighted by Crippen LogP contribution is 2.17. The fourth-order valence-corrected chi connectivity index (χ4v) is 2.65. The predicted octanol–water partition coefficient (Wildman–Crippen LogP) is 5.22. The standard InChI is InChI=1S/C18H35NO2/c1-5-6-7-8-9-10-11-12-13-14-15-17(19(3)4)16(2)18(20)21/h5-15H2,1-4H3,(H,20,21). The van der Waals surface area contributed by atoms with Crippen molar-refractivity contribution in [1.29, 1.82) is 0 Å². The van der Waals surface area contributed by atoms with Crippen molar-refractivity contribution in [3.63, 3.8) is 0 Å². The van der Waals surface area contributed by atoms with Crippen molar-refractivity contribution >= 4 is 5.97 Å². The number of aliphatic carboxylic acids is 1. The van der Waals surface area contributed by atoms with Gasteiger partial charge in [0.05, 0.1) is 5.57 Å². The second-order valence-electron chi connectivity index (χ2n) is 6.20. The number of carboxylic acid groups (broad SMARTS) is 1. The van der Waals surface area contributed by atoms with Crippen LogP contribution in [0.2, 0.25) is 0 Å². The van der Waals surface area contributed by atoms with Gasteiger partial charge in [-0.05, 0) is 19.8 Å². The van der Waals surface area contributed by atoms with Gasteiger partial charge in [-0.25, -0.2) is 4.79 Å². The average Bonchev–Trinajstić information content (AvgIpc) is 2.43. The van der Waals surface area contributed by atoms with Gasteiger partial charge in [-0.2, -0.15) is 0 Å². The summed E-state index contributed by atoms with van der Waals surface area (Å²) < 4.78 is 0. The van der Waals surface area contributed by atoms with Crippen LogP contribution in [0, 0.1) is 0 Å². The molecule has 0 aromatic heterocycles. The van der Waals surface area contributed by atoms with E-state index in [1.54, 1.807) is 6.92 Å². The number of allylic oxidation sites excluding steroid dienone is 1. The maximum atomic E-state index is 11.0. The molecule has 0 amide bonds. The Kier molecular flexibility index (Phi) is 12.1. The molecule has 0 aromatic carbocycles. The molecule has 0 aliphatic heterocycles. The van der Waals surface area contributed by atoms with Crippen LogP contribution >= 0.6 is 0 Å². The number of rotatable bonds is 13. The van der Waals surface area contributed by atoms with E-state index in [0.717, 1.165) is 18.5 Å². The minimum Gasteiger partial charge on any atom is -0.478 e. The first-order valence-corrected chi connectivity index (χ1v) is 8.61. The molecule has 0 bridgehead atoms. The van der Waals surface area contributed by atoms with Gasteiger partial charge in [0.15, 0.2) is 0 Å². The number of unbranched alkanes of at least 4 members (excludes halogenated alkanes) is 9. The number of hydrogen-bond acceptors (Lipinski definition) is 2. The quantitative estimate of drug-likeness (QED) is 0.374. The maximum absolute atomic E-state index is 11.0. The minimum atomic E-state index is -0.800. The summed E-state index contributed by atoms with van der Waals surface area (Å²) in [6.07, 6.45) is 14.0. The molecule has 0 aliphatic carbocycles. The summed E-state index contributed by atoms with van der Waals surface area (Å²) in [4.78, 5) is 13.0. The lowest BCUT2D eigenvalue weighted by molar-refractivity contribution is -0.132. The van der Waals surface area contributed by atoms with E-state index in [2.05, 4.69) is 6.92 Å². The first kappa shape index (κ1) is 20.0. The topological polar surface area (TPSA) is 40.5 Å². The monoisotopic (exact) mass is 297 g/mol. The van der Waals surface area contributed by atoms with Gasteiger partial charge in [-0.1, -0.05) is 64.7 Å². The van der Waals surface area contributed by atoms with Crippen molar-refractivity contribution in [1.82, 2.24) is 4.90 Å². The predicted molar refractivity (Wildman–Crippen MR) is 90.5 cm³/mol. The van der Waals surface area contributed by atoms with Gasteiger partial charge in [0.1, 0.15) is 0 Å². The van der Waals surface area contributed by atoms with Gasteiger partial charge in [-0.15, -0.1) is 0 Å². The molecule has 0 heterocycles. The fourth-order valence-electron chi connectivity index (χ4n) is 2.65. The molecule has 0 atom stereocenters. The second-order valence-corrected chi connectivity index (χ2v) is 6.20. The Morgan fingerprint density at radius 3 is 1.67 bits per heavy atom. The van der Waals surface area contributed by atoms with E-state index in [9.17, 15) is 4.79 Å². The molecular formula is C18H35NO2. The van der Waals surface area contributed by atoms with Crippen LogP contribution < -0.4 is 0 Å². The molecule has 0 spiro atoms. The fraction of sp³-hybridized carbons (Fsp3) is 0.833. The summed E-state index contributed by atoms with van der Waals surface area (Å²) in [6.45, 7) is 3.95. The molecule has 0 saturated carbocycles. The third kappa shape index (κ3) is 10.4. The molecule has 0 fully saturated rings. The molecule has 0 aliphatic rings. The molecular weight excluding hydrogens is 262 g/mol. The molecule has 1 N–H and O–H groups in total. The molecule has 0 aromatic rings. The average molecular weight is 297 g/mol. The van der Waals surface area contributed by atoms with E-state index in [1.165, 1.54) is 57.8 Å². The van der Waals surface area contributed by atoms with Gasteiger partial charge in [-0.3, -0.25) is 0 Å². The number of hydrogen-bond donors (Lipinski definition) is 1. The van der Waals surface area contributed by atoms with Crippen LogP contribution in [0.15, 0.2) is 11.3 Å². The summed E-state index contributed by atoms with van der Waals surface area (Å²) in [5.41, 5.74) is 1.44. The Balaban J connectivity index is 3.69. The second kappa shape index (κ2) is 12.7. The van der Waals surface area contributed by atoms with Crippen molar-refractivity contribution in [2.24, 2.45) is 0 Å². The van der Waals surface area contributed by atoms with Crippen molar-refractivity contribution < 1.29 is 9.90 Å². The molecule has 3 nitrogen and oxygen atoms in total. The number of nitrogens with zero attached hydrogens (tertiary/aromatic N) is 1. The molecule has 0 radical (unpaired) electrons. The van der Waals surface area contributed by atoms with E-state index in [4.69, 9.17) is 5.11 Å². The Morgan fingerprint density at radius 1 is 0.857 bits per heavy atom. The zero-order valence-corrected chi connectivity index (χ0v) is 14.6. The molecule has 124 valence electrons. The summed E-state index contributed by atoms with van der Waals surface area (Å²) in [5, 5.41) is 9.08. The van der Waals surface area contributed by atoms with E-state index in [1.807, 2.05) is 19.0 Å². The SMILES string of the molecule is CCCCCCCCCCCCC(=C(C)C(=O)O)N(C)C. The van der Waals surface area contributed by atoms with Crippen molar-refractivity contribution in [2.45, 2.75) is 84.5 Å². The summed E-state index contributed by atoms with van der Waals surface area (Å²) in [5.74, 6) is -0.800. The van der Waals surface area contributed by atoms with Crippen LogP contribution in [0.5, 0.6) is 0 Å². The number of carbonyl (C=O) groups is 1. The van der Waals surface area contributed by atoms with E-state index in [-0.39, 0.29) is 0 Å². The summed E-state index contributed by atoms with van der Waals surface area (Å²) in [7, 11) is 3.86. The van der Waals surface area contributed by atoms with Crippen molar-refractivity contribution in [3.05, 3.63) is 11.3 Å². The van der Waals surface area contributed by atoms with Gasteiger partial charge < -0.3 is 10.0 Å². The summed E-state index contributed by atoms with van der Waals surface area (Å²) >= 11 is 0. The van der Waals surface area contributed by atoms with Crippen LogP contribution in [0.3, 0.4) is 0 Å². The highest BCUT2D eigenvalue weighted by molar-refractivity contribution is 5.86. The van der Waals surface area contributed by atoms with Crippen molar-refractivity contribution in [2.75, 3.05) is 14.1 Å². The maximum Gasteiger partial charge on any atom is 0.333 e. The Labute approximate surface area is 131 Å². The van der Waals surface area contributed by atoms with Crippen LogP contribution in [0.25, 0.3) is 0 Å². The van der Waals surface area contributed by atoms with Gasteiger partial charge in [0.25, 0.3) is 0 Å². The van der Waals surface area contributed by atoms with Crippen LogP contribution in [0.1, 0.15) is 84.5 Å². The lowest BCUT2D eigenvalue weighted by Gasteiger charge is -2.19. The van der Waals surface area contributed by atoms with E-state index < -0.39 is 5.97 Å². The lowest BCUT2D eigenvalue weighted by Crippen LogP contribution is -2.16. The minimum absolute atomic E-state index is 0.482. The van der Waals surface area contributed by atoms with Gasteiger partial charge >= 0.3 is 5.97 Å². The molecule has 21 heavy (non-hydrogen) atoms. The van der Waals surface area contributed by atoms with Crippen LogP contribution in [-0.4, -0.2) is 30.1 Å². The smallest absolute Gasteiger partial charge is 0.333 e. The first-order chi connectivity index (χ1) is 10.0. The van der Waals surface area contributed by atoms with Crippen LogP contribution in [0.4, 0.5) is 0 Å². The molecule has 0 saturated heterocycles. The number of carboxylic acids is 1. The first-order valence-electron chi connectivity index (χ1n) is 8.61. The highest BCUT2D eigenvalue weighted by Gasteiger charge is 2.10. The Bertz CT molecular complexity index is 308. The summed E-state index contributed by atoms with van der Waals surface area (Å²) in [6, 6.07) is 0. The molecule has 3 heteroatoms. The van der Waals surface area contributed by atoms with Crippen molar-refractivity contribution in [3.8, 4) is 0 Å².